The highest BCUT2D eigenvalue weighted by Crippen LogP contribution is 2.59. The van der Waals surface area contributed by atoms with E-state index in [1.54, 1.807) is 0 Å². The molecule has 1 saturated carbocycles. The van der Waals surface area contributed by atoms with Crippen LogP contribution in [0.3, 0.4) is 0 Å². The SMILES string of the molecule is C=C(C)C[Si](OC(C)C)(OC(C)C)C1C(C)C1C. The number of allylic oxidation sites excluding steroid dienone is 1. The Morgan fingerprint density at radius 2 is 1.44 bits per heavy atom. The molecular formula is C15H30O2Si. The first-order chi connectivity index (χ1) is 8.19. The van der Waals surface area contributed by atoms with Crippen LogP contribution in [-0.4, -0.2) is 20.8 Å². The van der Waals surface area contributed by atoms with Gasteiger partial charge in [0, 0.05) is 23.8 Å². The molecule has 0 aromatic heterocycles. The maximum atomic E-state index is 6.38. The highest BCUT2D eigenvalue weighted by Gasteiger charge is 2.62. The molecule has 0 saturated heterocycles. The van der Waals surface area contributed by atoms with Gasteiger partial charge in [-0.1, -0.05) is 19.4 Å². The number of rotatable bonds is 7. The molecule has 0 radical (unpaired) electrons. The van der Waals surface area contributed by atoms with Gasteiger partial charge in [-0.15, -0.1) is 6.58 Å². The van der Waals surface area contributed by atoms with E-state index in [0.717, 1.165) is 17.9 Å². The quantitative estimate of drug-likeness (QED) is 0.500. The Labute approximate surface area is 114 Å². The molecule has 106 valence electrons. The van der Waals surface area contributed by atoms with Gasteiger partial charge in [0.05, 0.1) is 0 Å². The fourth-order valence-electron chi connectivity index (χ4n) is 3.07. The summed E-state index contributed by atoms with van der Waals surface area (Å²) in [5.41, 5.74) is 1.81. The second-order valence-electron chi connectivity index (χ2n) is 6.52. The summed E-state index contributed by atoms with van der Waals surface area (Å²) in [6.45, 7) is 19.3. The lowest BCUT2D eigenvalue weighted by Gasteiger charge is -2.35. The maximum absolute atomic E-state index is 6.38. The molecule has 0 heterocycles. The van der Waals surface area contributed by atoms with E-state index < -0.39 is 8.56 Å². The molecule has 0 bridgehead atoms. The molecule has 0 aromatic carbocycles. The fourth-order valence-corrected chi connectivity index (χ4v) is 8.38. The molecule has 1 rings (SSSR count). The van der Waals surface area contributed by atoms with Crippen LogP contribution in [0.25, 0.3) is 0 Å². The lowest BCUT2D eigenvalue weighted by atomic mass is 10.4. The van der Waals surface area contributed by atoms with Gasteiger partial charge in [0.25, 0.3) is 0 Å². The van der Waals surface area contributed by atoms with Gasteiger partial charge in [0.2, 0.25) is 0 Å². The van der Waals surface area contributed by atoms with Crippen LogP contribution in [0.5, 0.6) is 0 Å². The molecule has 3 heteroatoms. The van der Waals surface area contributed by atoms with Gasteiger partial charge >= 0.3 is 8.56 Å². The molecule has 1 aliphatic rings. The lowest BCUT2D eigenvalue weighted by molar-refractivity contribution is 0.103. The lowest BCUT2D eigenvalue weighted by Crippen LogP contribution is -2.47. The normalized spacial score (nSPS) is 27.9. The second-order valence-corrected chi connectivity index (χ2v) is 9.64. The van der Waals surface area contributed by atoms with Crippen LogP contribution in [0.15, 0.2) is 12.2 Å². The molecule has 18 heavy (non-hydrogen) atoms. The van der Waals surface area contributed by atoms with Crippen molar-refractivity contribution in [2.45, 2.75) is 72.3 Å². The predicted molar refractivity (Wildman–Crippen MR) is 79.9 cm³/mol. The van der Waals surface area contributed by atoms with Crippen LogP contribution in [0.4, 0.5) is 0 Å². The van der Waals surface area contributed by atoms with Crippen molar-refractivity contribution in [3.05, 3.63) is 12.2 Å². The topological polar surface area (TPSA) is 18.5 Å². The standard InChI is InChI=1S/C15H30O2Si/c1-10(2)9-18(16-11(3)4,17-12(5)6)15-13(7)14(15)8/h11-15H,1,9H2,2-8H3. The molecule has 0 amide bonds. The van der Waals surface area contributed by atoms with Crippen molar-refractivity contribution in [3.63, 3.8) is 0 Å². The van der Waals surface area contributed by atoms with Crippen LogP contribution in [0, 0.1) is 11.8 Å². The Balaban J connectivity index is 2.96. The Bertz CT molecular complexity index is 281. The van der Waals surface area contributed by atoms with Crippen molar-refractivity contribution in [3.8, 4) is 0 Å². The van der Waals surface area contributed by atoms with Crippen molar-refractivity contribution >= 4 is 8.56 Å². The van der Waals surface area contributed by atoms with Crippen LogP contribution < -0.4 is 0 Å². The Morgan fingerprint density at radius 1 is 1.06 bits per heavy atom. The van der Waals surface area contributed by atoms with Crippen molar-refractivity contribution in [2.75, 3.05) is 0 Å². The summed E-state index contributed by atoms with van der Waals surface area (Å²) in [6, 6.07) is 0.933. The molecule has 1 fully saturated rings. The first kappa shape index (κ1) is 15.9. The van der Waals surface area contributed by atoms with Gasteiger partial charge in [0.1, 0.15) is 0 Å². The predicted octanol–water partition coefficient (Wildman–Crippen LogP) is 4.51. The largest absolute Gasteiger partial charge is 0.391 e. The van der Waals surface area contributed by atoms with Crippen LogP contribution in [0.1, 0.15) is 48.5 Å². The summed E-state index contributed by atoms with van der Waals surface area (Å²) in [4.78, 5) is 0. The van der Waals surface area contributed by atoms with E-state index >= 15 is 0 Å². The maximum Gasteiger partial charge on any atom is 0.346 e. The van der Waals surface area contributed by atoms with Gasteiger partial charge in [-0.3, -0.25) is 0 Å². The van der Waals surface area contributed by atoms with E-state index in [0.29, 0.717) is 5.54 Å². The first-order valence-electron chi connectivity index (χ1n) is 7.19. The van der Waals surface area contributed by atoms with E-state index in [-0.39, 0.29) is 12.2 Å². The monoisotopic (exact) mass is 270 g/mol. The summed E-state index contributed by atoms with van der Waals surface area (Å²) < 4.78 is 12.8. The average Bonchev–Trinajstić information content (AvgIpc) is 2.70. The summed E-state index contributed by atoms with van der Waals surface area (Å²) in [6.07, 6.45) is 0.463. The number of hydrogen-bond acceptors (Lipinski definition) is 2. The van der Waals surface area contributed by atoms with E-state index in [2.05, 4.69) is 55.0 Å². The Kier molecular flexibility index (Phi) is 5.21. The summed E-state index contributed by atoms with van der Waals surface area (Å²) >= 11 is 0. The summed E-state index contributed by atoms with van der Waals surface area (Å²) in [7, 11) is -2.18. The molecule has 0 aliphatic heterocycles. The molecule has 2 unspecified atom stereocenters. The van der Waals surface area contributed by atoms with Gasteiger partial charge in [-0.05, 0) is 46.5 Å². The highest BCUT2D eigenvalue weighted by molar-refractivity contribution is 6.70. The zero-order valence-electron chi connectivity index (χ0n) is 13.1. The van der Waals surface area contributed by atoms with Crippen molar-refractivity contribution in [2.24, 2.45) is 11.8 Å². The third kappa shape index (κ3) is 3.69. The van der Waals surface area contributed by atoms with Crippen LogP contribution in [-0.2, 0) is 8.85 Å². The second kappa shape index (κ2) is 5.89. The molecule has 0 N–H and O–H groups in total. The Hall–Kier alpha value is -0.123. The van der Waals surface area contributed by atoms with Gasteiger partial charge in [-0.25, -0.2) is 0 Å². The van der Waals surface area contributed by atoms with Crippen LogP contribution in [0.2, 0.25) is 11.6 Å². The highest BCUT2D eigenvalue weighted by atomic mass is 28.4. The molecule has 2 nitrogen and oxygen atoms in total. The molecule has 0 spiro atoms. The minimum absolute atomic E-state index is 0.231. The third-order valence-electron chi connectivity index (χ3n) is 3.75. The first-order valence-corrected chi connectivity index (χ1v) is 9.29. The zero-order valence-corrected chi connectivity index (χ0v) is 14.1. The summed E-state index contributed by atoms with van der Waals surface area (Å²) in [5, 5.41) is 0. The molecular weight excluding hydrogens is 240 g/mol. The van der Waals surface area contributed by atoms with Crippen molar-refractivity contribution in [1.29, 1.82) is 0 Å². The molecule has 2 atom stereocenters. The number of hydrogen-bond donors (Lipinski definition) is 0. The van der Waals surface area contributed by atoms with E-state index in [9.17, 15) is 0 Å². The van der Waals surface area contributed by atoms with E-state index in [1.807, 2.05) is 0 Å². The fraction of sp³-hybridized carbons (Fsp3) is 0.867. The van der Waals surface area contributed by atoms with E-state index in [4.69, 9.17) is 8.85 Å². The van der Waals surface area contributed by atoms with Crippen molar-refractivity contribution < 1.29 is 8.85 Å². The average molecular weight is 270 g/mol. The summed E-state index contributed by atoms with van der Waals surface area (Å²) in [5.74, 6) is 1.46. The van der Waals surface area contributed by atoms with Gasteiger partial charge < -0.3 is 8.85 Å². The molecule has 1 aliphatic carbocycles. The van der Waals surface area contributed by atoms with E-state index in [1.165, 1.54) is 5.57 Å². The smallest absolute Gasteiger partial charge is 0.346 e. The Morgan fingerprint density at radius 3 is 1.67 bits per heavy atom. The minimum Gasteiger partial charge on any atom is -0.391 e. The van der Waals surface area contributed by atoms with Crippen molar-refractivity contribution in [1.82, 2.24) is 0 Å². The van der Waals surface area contributed by atoms with Gasteiger partial charge in [0.15, 0.2) is 0 Å². The minimum atomic E-state index is -2.18. The third-order valence-corrected chi connectivity index (χ3v) is 8.65. The van der Waals surface area contributed by atoms with Gasteiger partial charge in [-0.2, -0.15) is 0 Å². The molecule has 0 aromatic rings. The van der Waals surface area contributed by atoms with Crippen LogP contribution >= 0.6 is 0 Å². The zero-order chi connectivity index (χ0) is 14.1.